The number of carbonyl (C=O) groups excluding carboxylic acids is 4. The number of urea groups is 1. The molecule has 0 radical (unpaired) electrons. The normalized spacial score (nSPS) is 20.3. The van der Waals surface area contributed by atoms with Crippen molar-refractivity contribution in [3.8, 4) is 5.75 Å². The van der Waals surface area contributed by atoms with Crippen molar-refractivity contribution < 1.29 is 37.1 Å². The molecule has 2 N–H and O–H groups in total. The standard InChI is InChI=1S/C21H17F3N4O5/c1-20(12-6-8-13(9-7-12)33-21(22,23)24)18(31)28(19(32)26-20)11-17(30)27-10-16(29)25-14-4-2-3-5-15(14)27/h2-9H,10-11H2,1H3,(H,25,29)(H,26,32). The predicted molar refractivity (Wildman–Crippen MR) is 108 cm³/mol. The molecule has 1 atom stereocenters. The molecule has 4 rings (SSSR count). The molecule has 0 saturated carbocycles. The van der Waals surface area contributed by atoms with Crippen molar-refractivity contribution >= 4 is 35.1 Å². The van der Waals surface area contributed by atoms with Crippen molar-refractivity contribution in [1.82, 2.24) is 10.2 Å². The highest BCUT2D eigenvalue weighted by atomic mass is 19.4. The summed E-state index contributed by atoms with van der Waals surface area (Å²) in [5.41, 5.74) is -0.554. The Labute approximate surface area is 185 Å². The van der Waals surface area contributed by atoms with Gasteiger partial charge in [0.25, 0.3) is 5.91 Å². The first kappa shape index (κ1) is 22.1. The number of ether oxygens (including phenoxy) is 1. The van der Waals surface area contributed by atoms with Crippen LogP contribution in [0, 0.1) is 0 Å². The summed E-state index contributed by atoms with van der Waals surface area (Å²) in [7, 11) is 0. The summed E-state index contributed by atoms with van der Waals surface area (Å²) in [6, 6.07) is 10.2. The van der Waals surface area contributed by atoms with Crippen molar-refractivity contribution in [2.75, 3.05) is 23.3 Å². The Morgan fingerprint density at radius 2 is 1.76 bits per heavy atom. The molecule has 2 aliphatic heterocycles. The van der Waals surface area contributed by atoms with Crippen molar-refractivity contribution in [1.29, 1.82) is 0 Å². The highest BCUT2D eigenvalue weighted by Crippen LogP contribution is 2.33. The molecule has 1 unspecified atom stereocenters. The maximum atomic E-state index is 13.1. The van der Waals surface area contributed by atoms with Crippen LogP contribution in [0.5, 0.6) is 5.75 Å². The summed E-state index contributed by atoms with van der Waals surface area (Å²) in [6.45, 7) is 0.468. The van der Waals surface area contributed by atoms with E-state index in [0.29, 0.717) is 16.3 Å². The van der Waals surface area contributed by atoms with Crippen LogP contribution in [0.1, 0.15) is 12.5 Å². The van der Waals surface area contributed by atoms with E-state index in [1.807, 2.05) is 0 Å². The SMILES string of the molecule is CC1(c2ccc(OC(F)(F)F)cc2)NC(=O)N(CC(=O)N2CC(=O)Nc3ccccc32)C1=O. The third-order valence-corrected chi connectivity index (χ3v) is 5.31. The summed E-state index contributed by atoms with van der Waals surface area (Å²) in [5, 5.41) is 5.11. The number of rotatable bonds is 4. The number of carbonyl (C=O) groups is 4. The van der Waals surface area contributed by atoms with Gasteiger partial charge in [-0.2, -0.15) is 0 Å². The molecule has 2 heterocycles. The number of anilines is 2. The zero-order chi connectivity index (χ0) is 24.0. The third-order valence-electron chi connectivity index (χ3n) is 5.31. The third kappa shape index (κ3) is 4.19. The maximum absolute atomic E-state index is 13.1. The van der Waals surface area contributed by atoms with E-state index >= 15 is 0 Å². The molecule has 1 fully saturated rings. The van der Waals surface area contributed by atoms with Crippen LogP contribution in [-0.2, 0) is 19.9 Å². The Hall–Kier alpha value is -4.09. The van der Waals surface area contributed by atoms with Gasteiger partial charge in [0.05, 0.1) is 11.4 Å². The molecule has 0 aromatic heterocycles. The van der Waals surface area contributed by atoms with Crippen LogP contribution in [0.25, 0.3) is 0 Å². The highest BCUT2D eigenvalue weighted by Gasteiger charge is 2.50. The van der Waals surface area contributed by atoms with E-state index < -0.39 is 47.9 Å². The van der Waals surface area contributed by atoms with Gasteiger partial charge in [0.2, 0.25) is 11.8 Å². The molecule has 2 aliphatic rings. The summed E-state index contributed by atoms with van der Waals surface area (Å²) < 4.78 is 40.9. The van der Waals surface area contributed by atoms with Crippen LogP contribution < -0.4 is 20.3 Å². The lowest BCUT2D eigenvalue weighted by atomic mass is 9.92. The van der Waals surface area contributed by atoms with Gasteiger partial charge in [0.1, 0.15) is 24.4 Å². The van der Waals surface area contributed by atoms with Gasteiger partial charge in [0, 0.05) is 0 Å². The van der Waals surface area contributed by atoms with E-state index in [1.54, 1.807) is 24.3 Å². The van der Waals surface area contributed by atoms with E-state index in [4.69, 9.17) is 0 Å². The van der Waals surface area contributed by atoms with Gasteiger partial charge in [0.15, 0.2) is 0 Å². The first-order valence-electron chi connectivity index (χ1n) is 9.67. The average Bonchev–Trinajstić information content (AvgIpc) is 2.96. The number of nitrogens with zero attached hydrogens (tertiary/aromatic N) is 2. The van der Waals surface area contributed by atoms with Crippen molar-refractivity contribution in [2.45, 2.75) is 18.8 Å². The predicted octanol–water partition coefficient (Wildman–Crippen LogP) is 2.34. The molecule has 5 amide bonds. The number of hydrogen-bond acceptors (Lipinski definition) is 5. The summed E-state index contributed by atoms with van der Waals surface area (Å²) >= 11 is 0. The number of imide groups is 1. The molecular formula is C21H17F3N4O5. The van der Waals surface area contributed by atoms with Crippen LogP contribution in [0.4, 0.5) is 29.3 Å². The molecule has 0 aliphatic carbocycles. The minimum Gasteiger partial charge on any atom is -0.406 e. The Balaban J connectivity index is 1.53. The minimum atomic E-state index is -4.87. The van der Waals surface area contributed by atoms with Crippen LogP contribution in [0.15, 0.2) is 48.5 Å². The van der Waals surface area contributed by atoms with Crippen molar-refractivity contribution in [3.05, 3.63) is 54.1 Å². The topological polar surface area (TPSA) is 108 Å². The number of fused-ring (bicyclic) bond motifs is 1. The zero-order valence-electron chi connectivity index (χ0n) is 17.1. The van der Waals surface area contributed by atoms with E-state index in [0.717, 1.165) is 12.1 Å². The highest BCUT2D eigenvalue weighted by molar-refractivity contribution is 6.14. The van der Waals surface area contributed by atoms with Gasteiger partial charge in [-0.05, 0) is 36.8 Å². The molecule has 33 heavy (non-hydrogen) atoms. The largest absolute Gasteiger partial charge is 0.573 e. The van der Waals surface area contributed by atoms with E-state index in [1.165, 1.54) is 24.0 Å². The number of halogens is 3. The van der Waals surface area contributed by atoms with Gasteiger partial charge in [-0.25, -0.2) is 4.79 Å². The van der Waals surface area contributed by atoms with Crippen molar-refractivity contribution in [3.63, 3.8) is 0 Å². The number of nitrogens with one attached hydrogen (secondary N) is 2. The quantitative estimate of drug-likeness (QED) is 0.679. The Kier molecular flexibility index (Phi) is 5.23. The Bertz CT molecular complexity index is 1150. The van der Waals surface area contributed by atoms with Crippen LogP contribution in [0.3, 0.4) is 0 Å². The fourth-order valence-electron chi connectivity index (χ4n) is 3.70. The lowest BCUT2D eigenvalue weighted by Crippen LogP contribution is -2.48. The number of amides is 5. The first-order chi connectivity index (χ1) is 15.5. The summed E-state index contributed by atoms with van der Waals surface area (Å²) in [4.78, 5) is 52.4. The monoisotopic (exact) mass is 462 g/mol. The first-order valence-corrected chi connectivity index (χ1v) is 9.67. The van der Waals surface area contributed by atoms with Crippen LogP contribution >= 0.6 is 0 Å². The maximum Gasteiger partial charge on any atom is 0.573 e. The van der Waals surface area contributed by atoms with Gasteiger partial charge < -0.3 is 15.4 Å². The smallest absolute Gasteiger partial charge is 0.406 e. The second-order valence-electron chi connectivity index (χ2n) is 7.56. The minimum absolute atomic E-state index is 0.202. The average molecular weight is 462 g/mol. The second-order valence-corrected chi connectivity index (χ2v) is 7.56. The van der Waals surface area contributed by atoms with Crippen LogP contribution in [0.2, 0.25) is 0 Å². The van der Waals surface area contributed by atoms with E-state index in [2.05, 4.69) is 15.4 Å². The fraction of sp³-hybridized carbons (Fsp3) is 0.238. The molecular weight excluding hydrogens is 445 g/mol. The van der Waals surface area contributed by atoms with Crippen molar-refractivity contribution in [2.24, 2.45) is 0 Å². The lowest BCUT2D eigenvalue weighted by Gasteiger charge is -2.30. The van der Waals surface area contributed by atoms with E-state index in [9.17, 15) is 32.3 Å². The number of para-hydroxylation sites is 2. The zero-order valence-corrected chi connectivity index (χ0v) is 17.1. The van der Waals surface area contributed by atoms with Gasteiger partial charge >= 0.3 is 12.4 Å². The van der Waals surface area contributed by atoms with E-state index in [-0.39, 0.29) is 12.1 Å². The number of benzene rings is 2. The molecule has 0 spiro atoms. The van der Waals surface area contributed by atoms with Gasteiger partial charge in [-0.1, -0.05) is 24.3 Å². The molecule has 2 aromatic rings. The Morgan fingerprint density at radius 1 is 1.09 bits per heavy atom. The number of alkyl halides is 3. The summed E-state index contributed by atoms with van der Waals surface area (Å²) in [5.74, 6) is -2.33. The lowest BCUT2D eigenvalue weighted by molar-refractivity contribution is -0.274. The molecule has 172 valence electrons. The van der Waals surface area contributed by atoms with Crippen LogP contribution in [-0.4, -0.2) is 48.1 Å². The molecule has 9 nitrogen and oxygen atoms in total. The molecule has 2 aromatic carbocycles. The second kappa shape index (κ2) is 7.80. The molecule has 12 heteroatoms. The fourth-order valence-corrected chi connectivity index (χ4v) is 3.70. The molecule has 0 bridgehead atoms. The van der Waals surface area contributed by atoms with Gasteiger partial charge in [-0.3, -0.25) is 24.2 Å². The molecule has 1 saturated heterocycles. The van der Waals surface area contributed by atoms with Gasteiger partial charge in [-0.15, -0.1) is 13.2 Å². The Morgan fingerprint density at radius 3 is 2.42 bits per heavy atom. The number of hydrogen-bond donors (Lipinski definition) is 2. The summed E-state index contributed by atoms with van der Waals surface area (Å²) in [6.07, 6.45) is -4.87.